The molecule has 0 aliphatic carbocycles. The largest absolute Gasteiger partial charge is 0.481 e. The van der Waals surface area contributed by atoms with E-state index in [1.54, 1.807) is 25.1 Å². The van der Waals surface area contributed by atoms with Crippen LogP contribution in [0.25, 0.3) is 17.2 Å². The highest BCUT2D eigenvalue weighted by Gasteiger charge is 2.20. The van der Waals surface area contributed by atoms with Gasteiger partial charge in [0.1, 0.15) is 28.8 Å². The van der Waals surface area contributed by atoms with Gasteiger partial charge in [0.2, 0.25) is 5.88 Å². The van der Waals surface area contributed by atoms with Crippen molar-refractivity contribution in [3.63, 3.8) is 0 Å². The van der Waals surface area contributed by atoms with Crippen molar-refractivity contribution in [2.75, 3.05) is 7.11 Å². The first-order chi connectivity index (χ1) is 10.6. The van der Waals surface area contributed by atoms with Gasteiger partial charge in [-0.1, -0.05) is 12.1 Å². The third kappa shape index (κ3) is 2.30. The van der Waals surface area contributed by atoms with Gasteiger partial charge in [0.15, 0.2) is 5.82 Å². The molecule has 22 heavy (non-hydrogen) atoms. The van der Waals surface area contributed by atoms with E-state index in [-0.39, 0.29) is 11.5 Å². The fraction of sp³-hybridized carbons (Fsp3) is 0.133. The number of aryl methyl sites for hydroxylation is 1. The molecule has 5 nitrogen and oxygen atoms in total. The smallest absolute Gasteiger partial charge is 0.213 e. The lowest BCUT2D eigenvalue weighted by molar-refractivity contribution is 0.398. The zero-order valence-corrected chi connectivity index (χ0v) is 11.9. The third-order valence-corrected chi connectivity index (χ3v) is 3.15. The molecule has 0 aliphatic rings. The van der Waals surface area contributed by atoms with Gasteiger partial charge < -0.3 is 4.74 Å². The predicted molar refractivity (Wildman–Crippen MR) is 75.8 cm³/mol. The van der Waals surface area contributed by atoms with Gasteiger partial charge in [-0.15, -0.1) is 10.2 Å². The molecule has 0 spiro atoms. The maximum absolute atomic E-state index is 14.1. The molecular formula is C15H12F2N4O. The summed E-state index contributed by atoms with van der Waals surface area (Å²) >= 11 is 0. The Morgan fingerprint density at radius 3 is 2.36 bits per heavy atom. The second-order valence-electron chi connectivity index (χ2n) is 4.54. The standard InChI is InChI=1S/C15H12F2N4O/c1-9-19-20-15(12-7-4-8-13(18-12)22-2)21(9)14-10(16)5-3-6-11(14)17/h3-8H,1-2H3. The fourth-order valence-electron chi connectivity index (χ4n) is 2.15. The number of methoxy groups -OCH3 is 1. The van der Waals surface area contributed by atoms with Crippen LogP contribution in [0, 0.1) is 18.6 Å². The molecule has 0 radical (unpaired) electrons. The van der Waals surface area contributed by atoms with Gasteiger partial charge in [-0.05, 0) is 25.1 Å². The molecule has 3 aromatic rings. The Balaban J connectivity index is 2.24. The highest BCUT2D eigenvalue weighted by atomic mass is 19.1. The van der Waals surface area contributed by atoms with Crippen LogP contribution in [0.3, 0.4) is 0 Å². The number of rotatable bonds is 3. The van der Waals surface area contributed by atoms with Crippen LogP contribution in [0.4, 0.5) is 8.78 Å². The Bertz CT molecular complexity index is 812. The lowest BCUT2D eigenvalue weighted by Crippen LogP contribution is -2.06. The monoisotopic (exact) mass is 302 g/mol. The fourth-order valence-corrected chi connectivity index (χ4v) is 2.15. The first-order valence-electron chi connectivity index (χ1n) is 6.49. The summed E-state index contributed by atoms with van der Waals surface area (Å²) in [5.41, 5.74) is 0.173. The third-order valence-electron chi connectivity index (χ3n) is 3.15. The van der Waals surface area contributed by atoms with Gasteiger partial charge in [-0.25, -0.2) is 13.8 Å². The van der Waals surface area contributed by atoms with Crippen molar-refractivity contribution >= 4 is 0 Å². The van der Waals surface area contributed by atoms with Gasteiger partial charge in [0.05, 0.1) is 7.11 Å². The van der Waals surface area contributed by atoms with Crippen molar-refractivity contribution in [3.8, 4) is 23.1 Å². The molecule has 0 bridgehead atoms. The Morgan fingerprint density at radius 1 is 1.00 bits per heavy atom. The Hall–Kier alpha value is -2.83. The van der Waals surface area contributed by atoms with Gasteiger partial charge >= 0.3 is 0 Å². The molecule has 2 aromatic heterocycles. The lowest BCUT2D eigenvalue weighted by atomic mass is 10.2. The van der Waals surface area contributed by atoms with Crippen molar-refractivity contribution in [2.45, 2.75) is 6.92 Å². The normalized spacial score (nSPS) is 10.7. The molecule has 0 fully saturated rings. The molecule has 7 heteroatoms. The number of hydrogen-bond acceptors (Lipinski definition) is 4. The molecule has 112 valence electrons. The zero-order chi connectivity index (χ0) is 15.7. The predicted octanol–water partition coefficient (Wildman–Crippen LogP) is 2.92. The molecule has 0 atom stereocenters. The first kappa shape index (κ1) is 14.1. The topological polar surface area (TPSA) is 52.8 Å². The van der Waals surface area contributed by atoms with Crippen LogP contribution in [0.15, 0.2) is 36.4 Å². The quantitative estimate of drug-likeness (QED) is 0.746. The van der Waals surface area contributed by atoms with Crippen LogP contribution in [-0.4, -0.2) is 26.9 Å². The van der Waals surface area contributed by atoms with E-state index in [0.29, 0.717) is 17.4 Å². The number of nitrogens with zero attached hydrogens (tertiary/aromatic N) is 4. The lowest BCUT2D eigenvalue weighted by Gasteiger charge is -2.10. The van der Waals surface area contributed by atoms with Gasteiger partial charge in [0, 0.05) is 6.07 Å². The SMILES string of the molecule is COc1cccc(-c2nnc(C)n2-c2c(F)cccc2F)n1. The summed E-state index contributed by atoms with van der Waals surface area (Å²) in [5.74, 6) is -0.443. The molecule has 1 aromatic carbocycles. The number of para-hydroxylation sites is 1. The van der Waals surface area contributed by atoms with E-state index in [1.807, 2.05) is 0 Å². The molecule has 0 saturated carbocycles. The average Bonchev–Trinajstić information content (AvgIpc) is 2.89. The Kier molecular flexibility index (Phi) is 3.54. The highest BCUT2D eigenvalue weighted by Crippen LogP contribution is 2.26. The minimum absolute atomic E-state index is 0.232. The number of benzene rings is 1. The summed E-state index contributed by atoms with van der Waals surface area (Å²) in [6.07, 6.45) is 0. The van der Waals surface area contributed by atoms with Crippen molar-refractivity contribution in [1.82, 2.24) is 19.7 Å². The maximum atomic E-state index is 14.1. The molecule has 0 amide bonds. The average molecular weight is 302 g/mol. The van der Waals surface area contributed by atoms with Gasteiger partial charge in [-0.3, -0.25) is 4.57 Å². The zero-order valence-electron chi connectivity index (χ0n) is 11.9. The second kappa shape index (κ2) is 5.51. The maximum Gasteiger partial charge on any atom is 0.213 e. The second-order valence-corrected chi connectivity index (χ2v) is 4.54. The van der Waals surface area contributed by atoms with E-state index in [1.165, 1.54) is 29.9 Å². The molecule has 0 saturated heterocycles. The van der Waals surface area contributed by atoms with E-state index in [9.17, 15) is 8.78 Å². The summed E-state index contributed by atoms with van der Waals surface area (Å²) in [6.45, 7) is 1.61. The summed E-state index contributed by atoms with van der Waals surface area (Å²) in [5, 5.41) is 7.89. The Labute approximate surface area is 125 Å². The van der Waals surface area contributed by atoms with E-state index < -0.39 is 11.6 Å². The van der Waals surface area contributed by atoms with E-state index in [0.717, 1.165) is 0 Å². The van der Waals surface area contributed by atoms with E-state index in [2.05, 4.69) is 15.2 Å². The van der Waals surface area contributed by atoms with Crippen LogP contribution < -0.4 is 4.74 Å². The molecule has 0 N–H and O–H groups in total. The van der Waals surface area contributed by atoms with Crippen molar-refractivity contribution in [3.05, 3.63) is 53.9 Å². The summed E-state index contributed by atoms with van der Waals surface area (Å²) in [4.78, 5) is 4.23. The van der Waals surface area contributed by atoms with Crippen LogP contribution >= 0.6 is 0 Å². The molecular weight excluding hydrogens is 290 g/mol. The van der Waals surface area contributed by atoms with E-state index in [4.69, 9.17) is 4.74 Å². The van der Waals surface area contributed by atoms with Crippen molar-refractivity contribution < 1.29 is 13.5 Å². The van der Waals surface area contributed by atoms with Crippen LogP contribution in [0.1, 0.15) is 5.82 Å². The number of pyridine rings is 1. The molecule has 0 aliphatic heterocycles. The van der Waals surface area contributed by atoms with Gasteiger partial charge in [0.25, 0.3) is 0 Å². The molecule has 0 unspecified atom stereocenters. The highest BCUT2D eigenvalue weighted by molar-refractivity contribution is 5.55. The van der Waals surface area contributed by atoms with Crippen LogP contribution in [-0.2, 0) is 0 Å². The van der Waals surface area contributed by atoms with Crippen molar-refractivity contribution in [2.24, 2.45) is 0 Å². The summed E-state index contributed by atoms with van der Waals surface area (Å²) in [6, 6.07) is 8.72. The molecule has 2 heterocycles. The first-order valence-corrected chi connectivity index (χ1v) is 6.49. The number of ether oxygens (including phenoxy) is 1. The minimum atomic E-state index is -0.702. The number of aromatic nitrogens is 4. The van der Waals surface area contributed by atoms with Crippen molar-refractivity contribution in [1.29, 1.82) is 0 Å². The van der Waals surface area contributed by atoms with E-state index >= 15 is 0 Å². The molecule has 3 rings (SSSR count). The Morgan fingerprint density at radius 2 is 1.68 bits per heavy atom. The minimum Gasteiger partial charge on any atom is -0.481 e. The van der Waals surface area contributed by atoms with Crippen LogP contribution in [0.5, 0.6) is 5.88 Å². The van der Waals surface area contributed by atoms with Gasteiger partial charge in [-0.2, -0.15) is 0 Å². The summed E-state index contributed by atoms with van der Waals surface area (Å²) in [7, 11) is 1.48. The summed E-state index contributed by atoms with van der Waals surface area (Å²) < 4.78 is 34.5. The number of hydrogen-bond donors (Lipinski definition) is 0. The van der Waals surface area contributed by atoms with Crippen LogP contribution in [0.2, 0.25) is 0 Å². The number of halogens is 2.